The number of fused-ring (bicyclic) bond motifs is 1. The molecule has 2 aromatic rings. The molecule has 2 aromatic heterocycles. The zero-order chi connectivity index (χ0) is 16.3. The van der Waals surface area contributed by atoms with E-state index in [4.69, 9.17) is 4.74 Å². The molecule has 0 amide bonds. The maximum absolute atomic E-state index is 12.4. The van der Waals surface area contributed by atoms with Crippen LogP contribution in [0.1, 0.15) is 22.8 Å². The Bertz CT molecular complexity index is 742. The third-order valence-electron chi connectivity index (χ3n) is 3.25. The van der Waals surface area contributed by atoms with Crippen molar-refractivity contribution in [1.82, 2.24) is 14.9 Å². The minimum absolute atomic E-state index is 0.00342. The van der Waals surface area contributed by atoms with Gasteiger partial charge in [0.15, 0.2) is 0 Å². The molecule has 7 heteroatoms. The third kappa shape index (κ3) is 3.53. The minimum atomic E-state index is -0.622. The van der Waals surface area contributed by atoms with Crippen LogP contribution in [0.15, 0.2) is 23.3 Å². The number of aromatic nitrogens is 2. The second-order valence-corrected chi connectivity index (χ2v) is 6.15. The molecule has 0 spiro atoms. The fourth-order valence-electron chi connectivity index (χ4n) is 2.00. The highest BCUT2D eigenvalue weighted by Gasteiger charge is 2.15. The first-order chi connectivity index (χ1) is 10.4. The van der Waals surface area contributed by atoms with Crippen LogP contribution in [0.2, 0.25) is 0 Å². The fourth-order valence-corrected chi connectivity index (χ4v) is 2.37. The molecule has 0 fully saturated rings. The number of hydrogen-bond donors (Lipinski definition) is 1. The number of rotatable bonds is 5. The van der Waals surface area contributed by atoms with Crippen LogP contribution in [-0.2, 0) is 11.2 Å². The zero-order valence-corrected chi connectivity index (χ0v) is 14.3. The Kier molecular flexibility index (Phi) is 5.31. The predicted octanol–water partition coefficient (Wildman–Crippen LogP) is 1.92. The molecule has 1 atom stereocenters. The summed E-state index contributed by atoms with van der Waals surface area (Å²) in [5.41, 5.74) is 1.00. The molecule has 1 unspecified atom stereocenters. The van der Waals surface area contributed by atoms with Gasteiger partial charge in [-0.05, 0) is 39.1 Å². The van der Waals surface area contributed by atoms with Crippen LogP contribution in [0.4, 0.5) is 0 Å². The van der Waals surface area contributed by atoms with Crippen molar-refractivity contribution in [3.63, 3.8) is 0 Å². The number of esters is 1. The summed E-state index contributed by atoms with van der Waals surface area (Å²) in [4.78, 5) is 33.5. The number of likely N-dealkylation sites (N-methyl/N-ethyl adjacent to an activating group) is 1. The van der Waals surface area contributed by atoms with Gasteiger partial charge in [0.25, 0.3) is 0 Å². The lowest BCUT2D eigenvalue weighted by molar-refractivity contribution is 0.0524. The molecule has 1 N–H and O–H groups in total. The van der Waals surface area contributed by atoms with Gasteiger partial charge < -0.3 is 9.72 Å². The number of pyridine rings is 2. The van der Waals surface area contributed by atoms with Crippen LogP contribution in [0.5, 0.6) is 0 Å². The average Bonchev–Trinajstić information content (AvgIpc) is 2.48. The van der Waals surface area contributed by atoms with Gasteiger partial charge in [-0.2, -0.15) is 0 Å². The Hall–Kier alpha value is -1.73. The van der Waals surface area contributed by atoms with Crippen LogP contribution in [0, 0.1) is 0 Å². The van der Waals surface area contributed by atoms with E-state index in [0.717, 1.165) is 5.56 Å². The highest BCUT2D eigenvalue weighted by atomic mass is 79.9. The molecule has 118 valence electrons. The highest BCUT2D eigenvalue weighted by molar-refractivity contribution is 9.09. The Morgan fingerprint density at radius 3 is 2.86 bits per heavy atom. The monoisotopic (exact) mass is 367 g/mol. The lowest BCUT2D eigenvalue weighted by atomic mass is 10.1. The normalized spacial score (nSPS) is 12.6. The van der Waals surface area contributed by atoms with Crippen molar-refractivity contribution in [2.45, 2.75) is 18.3 Å². The number of aromatic amines is 1. The van der Waals surface area contributed by atoms with Crippen molar-refractivity contribution in [2.24, 2.45) is 0 Å². The Morgan fingerprint density at radius 1 is 1.50 bits per heavy atom. The predicted molar refractivity (Wildman–Crippen MR) is 88.4 cm³/mol. The lowest BCUT2D eigenvalue weighted by Crippen LogP contribution is -2.24. The standard InChI is InChI=1S/C15H18BrN3O3/c1-4-22-15(21)11-8-18-14-10(13(11)20)5-9(7-17-14)6-12(16)19(2)3/h5,7-8,12H,4,6H2,1-3H3,(H,17,18,20). The average molecular weight is 368 g/mol. The van der Waals surface area contributed by atoms with Gasteiger partial charge in [0.05, 0.1) is 16.9 Å². The number of nitrogens with zero attached hydrogens (tertiary/aromatic N) is 2. The van der Waals surface area contributed by atoms with Crippen LogP contribution in [-0.4, -0.2) is 46.5 Å². The first kappa shape index (κ1) is 16.6. The van der Waals surface area contributed by atoms with E-state index in [1.54, 1.807) is 19.2 Å². The summed E-state index contributed by atoms with van der Waals surface area (Å²) in [6.07, 6.45) is 3.77. The topological polar surface area (TPSA) is 75.3 Å². The molecule has 0 aliphatic rings. The molecule has 0 aliphatic heterocycles. The number of nitrogens with one attached hydrogen (secondary N) is 1. The largest absolute Gasteiger partial charge is 0.462 e. The third-order valence-corrected chi connectivity index (χ3v) is 4.39. The number of ether oxygens (including phenoxy) is 1. The van der Waals surface area contributed by atoms with Crippen LogP contribution in [0.3, 0.4) is 0 Å². The molecule has 0 bridgehead atoms. The summed E-state index contributed by atoms with van der Waals surface area (Å²) in [5, 5.41) is 0.390. The maximum Gasteiger partial charge on any atom is 0.343 e. The molecular weight excluding hydrogens is 350 g/mol. The molecule has 0 radical (unpaired) electrons. The molecule has 22 heavy (non-hydrogen) atoms. The van der Waals surface area contributed by atoms with E-state index >= 15 is 0 Å². The van der Waals surface area contributed by atoms with Gasteiger partial charge in [-0.1, -0.05) is 15.9 Å². The van der Waals surface area contributed by atoms with Gasteiger partial charge >= 0.3 is 5.97 Å². The smallest absolute Gasteiger partial charge is 0.343 e. The van der Waals surface area contributed by atoms with Gasteiger partial charge in [0.2, 0.25) is 5.43 Å². The summed E-state index contributed by atoms with van der Waals surface area (Å²) in [7, 11) is 3.92. The summed E-state index contributed by atoms with van der Waals surface area (Å²) in [6, 6.07) is 1.77. The van der Waals surface area contributed by atoms with Crippen molar-refractivity contribution in [1.29, 1.82) is 0 Å². The zero-order valence-electron chi connectivity index (χ0n) is 12.7. The summed E-state index contributed by atoms with van der Waals surface area (Å²) in [6.45, 7) is 1.92. The first-order valence-electron chi connectivity index (χ1n) is 6.92. The van der Waals surface area contributed by atoms with Gasteiger partial charge in [0, 0.05) is 12.4 Å². The van der Waals surface area contributed by atoms with Crippen molar-refractivity contribution in [3.05, 3.63) is 39.8 Å². The summed E-state index contributed by atoms with van der Waals surface area (Å²) < 4.78 is 4.89. The number of carbonyl (C=O) groups is 1. The van der Waals surface area contributed by atoms with Gasteiger partial charge in [-0.15, -0.1) is 0 Å². The van der Waals surface area contributed by atoms with Crippen LogP contribution < -0.4 is 5.43 Å². The Balaban J connectivity index is 2.44. The molecule has 0 aliphatic carbocycles. The SMILES string of the molecule is CCOC(=O)c1c[nH]c2ncc(CC(Br)N(C)C)cc2c1=O. The van der Waals surface area contributed by atoms with Gasteiger partial charge in [-0.3, -0.25) is 9.69 Å². The van der Waals surface area contributed by atoms with E-state index in [1.807, 2.05) is 19.0 Å². The first-order valence-corrected chi connectivity index (χ1v) is 7.83. The Morgan fingerprint density at radius 2 is 2.23 bits per heavy atom. The van der Waals surface area contributed by atoms with Crippen molar-refractivity contribution in [2.75, 3.05) is 20.7 Å². The number of hydrogen-bond acceptors (Lipinski definition) is 5. The highest BCUT2D eigenvalue weighted by Crippen LogP contribution is 2.14. The molecule has 2 rings (SSSR count). The van der Waals surface area contributed by atoms with Crippen LogP contribution >= 0.6 is 15.9 Å². The van der Waals surface area contributed by atoms with E-state index in [0.29, 0.717) is 17.5 Å². The molecule has 0 saturated carbocycles. The van der Waals surface area contributed by atoms with Gasteiger partial charge in [-0.25, -0.2) is 9.78 Å². The molecule has 6 nitrogen and oxygen atoms in total. The molecule has 2 heterocycles. The minimum Gasteiger partial charge on any atom is -0.462 e. The van der Waals surface area contributed by atoms with E-state index in [1.165, 1.54) is 6.20 Å². The number of alkyl halides is 1. The molecule has 0 aromatic carbocycles. The fraction of sp³-hybridized carbons (Fsp3) is 0.400. The van der Waals surface area contributed by atoms with Crippen LogP contribution in [0.25, 0.3) is 11.0 Å². The molecule has 0 saturated heterocycles. The number of halogens is 1. The van der Waals surface area contributed by atoms with E-state index < -0.39 is 5.97 Å². The number of carbonyl (C=O) groups excluding carboxylic acids is 1. The van der Waals surface area contributed by atoms with Crippen molar-refractivity contribution in [3.8, 4) is 0 Å². The van der Waals surface area contributed by atoms with E-state index in [9.17, 15) is 9.59 Å². The second kappa shape index (κ2) is 7.02. The van der Waals surface area contributed by atoms with Crippen molar-refractivity contribution < 1.29 is 9.53 Å². The summed E-state index contributed by atoms with van der Waals surface area (Å²) in [5.74, 6) is -0.622. The second-order valence-electron chi connectivity index (χ2n) is 5.09. The quantitative estimate of drug-likeness (QED) is 0.496. The van der Waals surface area contributed by atoms with E-state index in [-0.39, 0.29) is 22.6 Å². The number of H-pyrrole nitrogens is 1. The van der Waals surface area contributed by atoms with Gasteiger partial charge in [0.1, 0.15) is 11.2 Å². The molecular formula is C15H18BrN3O3. The van der Waals surface area contributed by atoms with E-state index in [2.05, 4.69) is 25.9 Å². The maximum atomic E-state index is 12.4. The summed E-state index contributed by atoms with van der Waals surface area (Å²) >= 11 is 3.56. The lowest BCUT2D eigenvalue weighted by Gasteiger charge is -2.17. The van der Waals surface area contributed by atoms with Crippen molar-refractivity contribution >= 4 is 32.9 Å². The Labute approximate surface area is 136 Å².